The van der Waals surface area contributed by atoms with E-state index in [1.54, 1.807) is 31.2 Å². The Morgan fingerprint density at radius 2 is 1.65 bits per heavy atom. The lowest BCUT2D eigenvalue weighted by molar-refractivity contribution is 0.0988. The average Bonchev–Trinajstić information content (AvgIpc) is 2.73. The van der Waals surface area contributed by atoms with Gasteiger partial charge in [0.1, 0.15) is 5.82 Å². The summed E-state index contributed by atoms with van der Waals surface area (Å²) < 4.78 is 42.0. The molecule has 0 fully saturated rings. The first-order valence-electron chi connectivity index (χ1n) is 8.97. The molecule has 0 aliphatic heterocycles. The number of rotatable bonds is 6. The summed E-state index contributed by atoms with van der Waals surface area (Å²) in [7, 11) is -4.13. The SMILES string of the molecule is CCN(C(=O)c1cc(F)ccc1NS(=O)(=O)c1ccc(Cl)c(Cl)c1)c1ccc(Cl)cc1. The minimum Gasteiger partial charge on any atom is -0.309 e. The average molecular weight is 502 g/mol. The highest BCUT2D eigenvalue weighted by Crippen LogP contribution is 2.28. The van der Waals surface area contributed by atoms with Crippen LogP contribution in [-0.2, 0) is 10.0 Å². The van der Waals surface area contributed by atoms with E-state index in [0.717, 1.165) is 12.1 Å². The fourth-order valence-electron chi connectivity index (χ4n) is 2.84. The van der Waals surface area contributed by atoms with Crippen LogP contribution in [0.15, 0.2) is 65.6 Å². The number of sulfonamides is 1. The molecular weight excluding hydrogens is 486 g/mol. The molecule has 3 aromatic rings. The predicted octanol–water partition coefficient (Wildman–Crippen LogP) is 6.25. The minimum atomic E-state index is -4.13. The topological polar surface area (TPSA) is 66.5 Å². The predicted molar refractivity (Wildman–Crippen MR) is 122 cm³/mol. The van der Waals surface area contributed by atoms with Gasteiger partial charge in [0.15, 0.2) is 0 Å². The van der Waals surface area contributed by atoms with E-state index in [-0.39, 0.29) is 32.7 Å². The Hall–Kier alpha value is -2.32. The lowest BCUT2D eigenvalue weighted by Crippen LogP contribution is -2.31. The zero-order valence-electron chi connectivity index (χ0n) is 16.1. The molecule has 0 spiro atoms. The number of nitrogens with one attached hydrogen (secondary N) is 1. The standard InChI is InChI=1S/C21H16Cl3FN2O3S/c1-2-27(15-6-3-13(22)4-7-15)21(28)17-11-14(25)5-10-20(17)26-31(29,30)16-8-9-18(23)19(24)12-16/h3-12,26H,2H2,1H3. The molecule has 10 heteroatoms. The van der Waals surface area contributed by atoms with E-state index < -0.39 is 21.7 Å². The van der Waals surface area contributed by atoms with Crippen LogP contribution in [0.5, 0.6) is 0 Å². The molecule has 3 rings (SSSR count). The summed E-state index contributed by atoms with van der Waals surface area (Å²) in [5, 5.41) is 0.743. The number of carbonyl (C=O) groups excluding carboxylic acids is 1. The monoisotopic (exact) mass is 500 g/mol. The van der Waals surface area contributed by atoms with Crippen molar-refractivity contribution in [2.45, 2.75) is 11.8 Å². The third-order valence-corrected chi connectivity index (χ3v) is 6.71. The van der Waals surface area contributed by atoms with Gasteiger partial charge in [-0.05, 0) is 67.6 Å². The molecule has 0 aliphatic rings. The number of nitrogens with zero attached hydrogens (tertiary/aromatic N) is 1. The van der Waals surface area contributed by atoms with Gasteiger partial charge in [-0.3, -0.25) is 9.52 Å². The highest BCUT2D eigenvalue weighted by molar-refractivity contribution is 7.92. The lowest BCUT2D eigenvalue weighted by atomic mass is 10.1. The fraction of sp³-hybridized carbons (Fsp3) is 0.0952. The second-order valence-electron chi connectivity index (χ2n) is 6.40. The highest BCUT2D eigenvalue weighted by atomic mass is 35.5. The smallest absolute Gasteiger partial charge is 0.261 e. The molecule has 3 aromatic carbocycles. The van der Waals surface area contributed by atoms with E-state index in [0.29, 0.717) is 10.7 Å². The molecule has 0 atom stereocenters. The van der Waals surface area contributed by atoms with Crippen molar-refractivity contribution in [1.29, 1.82) is 0 Å². The highest BCUT2D eigenvalue weighted by Gasteiger charge is 2.24. The van der Waals surface area contributed by atoms with Crippen LogP contribution < -0.4 is 9.62 Å². The van der Waals surface area contributed by atoms with Gasteiger partial charge in [0.25, 0.3) is 15.9 Å². The van der Waals surface area contributed by atoms with Crippen molar-refractivity contribution < 1.29 is 17.6 Å². The largest absolute Gasteiger partial charge is 0.309 e. The number of benzene rings is 3. The molecule has 0 aliphatic carbocycles. The van der Waals surface area contributed by atoms with E-state index in [1.165, 1.54) is 29.2 Å². The number of hydrogen-bond acceptors (Lipinski definition) is 3. The first-order chi connectivity index (χ1) is 14.6. The molecule has 31 heavy (non-hydrogen) atoms. The van der Waals surface area contributed by atoms with E-state index >= 15 is 0 Å². The summed E-state index contributed by atoms with van der Waals surface area (Å²) in [6, 6.07) is 13.5. The van der Waals surface area contributed by atoms with Crippen LogP contribution in [-0.4, -0.2) is 20.9 Å². The van der Waals surface area contributed by atoms with Crippen LogP contribution in [0.25, 0.3) is 0 Å². The van der Waals surface area contributed by atoms with Crippen LogP contribution in [0.2, 0.25) is 15.1 Å². The Labute approximate surface area is 194 Å². The molecule has 0 saturated carbocycles. The van der Waals surface area contributed by atoms with Gasteiger partial charge in [-0.25, -0.2) is 12.8 Å². The van der Waals surface area contributed by atoms with Gasteiger partial charge >= 0.3 is 0 Å². The molecular formula is C21H16Cl3FN2O3S. The second-order valence-corrected chi connectivity index (χ2v) is 9.33. The fourth-order valence-corrected chi connectivity index (χ4v) is 4.43. The molecule has 5 nitrogen and oxygen atoms in total. The third kappa shape index (κ3) is 5.30. The molecule has 0 bridgehead atoms. The molecule has 0 radical (unpaired) electrons. The summed E-state index contributed by atoms with van der Waals surface area (Å²) in [5.74, 6) is -1.27. The number of carbonyl (C=O) groups is 1. The molecule has 0 saturated heterocycles. The van der Waals surface area contributed by atoms with Gasteiger partial charge in [-0.2, -0.15) is 0 Å². The second kappa shape index (κ2) is 9.44. The molecule has 162 valence electrons. The summed E-state index contributed by atoms with van der Waals surface area (Å²) >= 11 is 17.7. The number of anilines is 2. The van der Waals surface area contributed by atoms with Crippen molar-refractivity contribution in [3.05, 3.63) is 87.1 Å². The zero-order chi connectivity index (χ0) is 22.8. The van der Waals surface area contributed by atoms with Crippen molar-refractivity contribution in [2.75, 3.05) is 16.2 Å². The van der Waals surface area contributed by atoms with Crippen LogP contribution >= 0.6 is 34.8 Å². The maximum Gasteiger partial charge on any atom is 0.261 e. The Balaban J connectivity index is 2.00. The van der Waals surface area contributed by atoms with Crippen LogP contribution in [0.4, 0.5) is 15.8 Å². The molecule has 0 unspecified atom stereocenters. The van der Waals surface area contributed by atoms with Gasteiger partial charge in [0.2, 0.25) is 0 Å². The molecule has 0 heterocycles. The maximum absolute atomic E-state index is 14.0. The summed E-state index contributed by atoms with van der Waals surface area (Å²) in [6.45, 7) is 2.00. The quantitative estimate of drug-likeness (QED) is 0.434. The normalized spacial score (nSPS) is 11.3. The first kappa shape index (κ1) is 23.3. The van der Waals surface area contributed by atoms with Crippen molar-refractivity contribution >= 4 is 62.1 Å². The summed E-state index contributed by atoms with van der Waals surface area (Å²) in [4.78, 5) is 14.4. The summed E-state index contributed by atoms with van der Waals surface area (Å²) in [5.41, 5.74) is 0.296. The van der Waals surface area contributed by atoms with Gasteiger partial charge in [0, 0.05) is 17.3 Å². The van der Waals surface area contributed by atoms with Crippen molar-refractivity contribution in [3.63, 3.8) is 0 Å². The van der Waals surface area contributed by atoms with E-state index in [1.807, 2.05) is 0 Å². The minimum absolute atomic E-state index is 0.0554. The molecule has 0 aromatic heterocycles. The third-order valence-electron chi connectivity index (χ3n) is 4.36. The maximum atomic E-state index is 14.0. The molecule has 1 N–H and O–H groups in total. The van der Waals surface area contributed by atoms with E-state index in [4.69, 9.17) is 34.8 Å². The Morgan fingerprint density at radius 3 is 2.26 bits per heavy atom. The van der Waals surface area contributed by atoms with Gasteiger partial charge in [0.05, 0.1) is 26.2 Å². The van der Waals surface area contributed by atoms with Crippen molar-refractivity contribution in [1.82, 2.24) is 0 Å². The summed E-state index contributed by atoms with van der Waals surface area (Å²) in [6.07, 6.45) is 0. The Kier molecular flexibility index (Phi) is 7.11. The van der Waals surface area contributed by atoms with Crippen molar-refractivity contribution in [3.8, 4) is 0 Å². The first-order valence-corrected chi connectivity index (χ1v) is 11.6. The van der Waals surface area contributed by atoms with E-state index in [9.17, 15) is 17.6 Å². The molecule has 1 amide bonds. The van der Waals surface area contributed by atoms with Crippen LogP contribution in [0.3, 0.4) is 0 Å². The Morgan fingerprint density at radius 1 is 0.968 bits per heavy atom. The van der Waals surface area contributed by atoms with Gasteiger partial charge in [-0.1, -0.05) is 34.8 Å². The number of amides is 1. The number of hydrogen-bond donors (Lipinski definition) is 1. The van der Waals surface area contributed by atoms with Crippen molar-refractivity contribution in [2.24, 2.45) is 0 Å². The van der Waals surface area contributed by atoms with Crippen LogP contribution in [0, 0.1) is 5.82 Å². The Bertz CT molecular complexity index is 1240. The lowest BCUT2D eigenvalue weighted by Gasteiger charge is -2.23. The van der Waals surface area contributed by atoms with Gasteiger partial charge < -0.3 is 4.90 Å². The number of halogens is 4. The van der Waals surface area contributed by atoms with Crippen LogP contribution in [0.1, 0.15) is 17.3 Å². The van der Waals surface area contributed by atoms with Gasteiger partial charge in [-0.15, -0.1) is 0 Å². The zero-order valence-corrected chi connectivity index (χ0v) is 19.2. The van der Waals surface area contributed by atoms with E-state index in [2.05, 4.69) is 4.72 Å².